The maximum atomic E-state index is 12.8. The number of hydrogen-bond donors (Lipinski definition) is 0. The summed E-state index contributed by atoms with van der Waals surface area (Å²) in [6.45, 7) is 10.9. The van der Waals surface area contributed by atoms with Gasteiger partial charge >= 0.3 is 0 Å². The molecule has 0 heterocycles. The molecule has 4 atom stereocenters. The highest BCUT2D eigenvalue weighted by Gasteiger charge is 2.52. The van der Waals surface area contributed by atoms with E-state index in [1.165, 1.54) is 0 Å². The van der Waals surface area contributed by atoms with Crippen LogP contribution >= 0.6 is 0 Å². The third kappa shape index (κ3) is 2.72. The lowest BCUT2D eigenvalue weighted by atomic mass is 9.81. The van der Waals surface area contributed by atoms with Gasteiger partial charge in [0.15, 0.2) is 0 Å². The van der Waals surface area contributed by atoms with Crippen molar-refractivity contribution in [2.45, 2.75) is 34.1 Å². The fourth-order valence-corrected chi connectivity index (χ4v) is 3.99. The van der Waals surface area contributed by atoms with E-state index in [4.69, 9.17) is 0 Å². The van der Waals surface area contributed by atoms with Crippen LogP contribution in [0.3, 0.4) is 0 Å². The summed E-state index contributed by atoms with van der Waals surface area (Å²) in [5.41, 5.74) is 0. The van der Waals surface area contributed by atoms with Gasteiger partial charge < -0.3 is 9.80 Å². The van der Waals surface area contributed by atoms with Gasteiger partial charge in [-0.3, -0.25) is 9.59 Å². The SMILES string of the molecule is CCN(CC)C(=O)[C@H]1[C@H](C(=O)N(CC)CC)[C@H]2C=C[C@H]1C2. The van der Waals surface area contributed by atoms with Gasteiger partial charge in [0.1, 0.15) is 0 Å². The predicted molar refractivity (Wildman–Crippen MR) is 83.6 cm³/mol. The third-order valence-electron chi connectivity index (χ3n) is 5.18. The minimum atomic E-state index is -0.145. The first kappa shape index (κ1) is 16.1. The highest BCUT2D eigenvalue weighted by Crippen LogP contribution is 2.49. The molecule has 0 radical (unpaired) electrons. The molecule has 0 aromatic carbocycles. The van der Waals surface area contributed by atoms with Crippen molar-refractivity contribution in [3.05, 3.63) is 12.2 Å². The molecule has 0 aromatic heterocycles. The summed E-state index contributed by atoms with van der Waals surface area (Å²) in [6.07, 6.45) is 5.28. The second-order valence-electron chi connectivity index (χ2n) is 6.02. The van der Waals surface area contributed by atoms with Crippen LogP contribution in [0.15, 0.2) is 12.2 Å². The number of nitrogens with zero attached hydrogens (tertiary/aromatic N) is 2. The fourth-order valence-electron chi connectivity index (χ4n) is 3.99. The molecule has 2 aliphatic carbocycles. The quantitative estimate of drug-likeness (QED) is 0.704. The zero-order valence-corrected chi connectivity index (χ0v) is 13.7. The third-order valence-corrected chi connectivity index (χ3v) is 5.18. The van der Waals surface area contributed by atoms with Crippen LogP contribution in [0.2, 0.25) is 0 Å². The lowest BCUT2D eigenvalue weighted by Crippen LogP contribution is -2.47. The molecule has 0 aliphatic heterocycles. The molecule has 0 N–H and O–H groups in total. The van der Waals surface area contributed by atoms with Gasteiger partial charge in [-0.25, -0.2) is 0 Å². The molecule has 21 heavy (non-hydrogen) atoms. The molecule has 0 spiro atoms. The van der Waals surface area contributed by atoms with Gasteiger partial charge in [-0.2, -0.15) is 0 Å². The largest absolute Gasteiger partial charge is 0.343 e. The van der Waals surface area contributed by atoms with Crippen molar-refractivity contribution in [2.75, 3.05) is 26.2 Å². The molecule has 0 saturated heterocycles. The second-order valence-corrected chi connectivity index (χ2v) is 6.02. The standard InChI is InChI=1S/C17H28N2O2/c1-5-18(6-2)16(20)14-12-9-10-13(11-12)15(14)17(21)19(7-3)8-4/h9-10,12-15H,5-8,11H2,1-4H3/t12-,13-,14+,15+/m0/s1. The molecule has 118 valence electrons. The Morgan fingerprint density at radius 1 is 0.810 bits per heavy atom. The molecule has 2 amide bonds. The zero-order chi connectivity index (χ0) is 15.6. The van der Waals surface area contributed by atoms with Crippen LogP contribution in [0.4, 0.5) is 0 Å². The summed E-state index contributed by atoms with van der Waals surface area (Å²) >= 11 is 0. The van der Waals surface area contributed by atoms with Gasteiger partial charge in [-0.15, -0.1) is 0 Å². The minimum absolute atomic E-state index is 0.145. The lowest BCUT2D eigenvalue weighted by molar-refractivity contribution is -0.146. The number of fused-ring (bicyclic) bond motifs is 2. The van der Waals surface area contributed by atoms with Crippen molar-refractivity contribution >= 4 is 11.8 Å². The molecule has 4 heteroatoms. The van der Waals surface area contributed by atoms with E-state index < -0.39 is 0 Å². The number of carbonyl (C=O) groups excluding carboxylic acids is 2. The Kier molecular flexibility index (Phi) is 5.07. The molecule has 0 unspecified atom stereocenters. The maximum Gasteiger partial charge on any atom is 0.227 e. The van der Waals surface area contributed by atoms with Gasteiger partial charge in [-0.1, -0.05) is 12.2 Å². The zero-order valence-electron chi connectivity index (χ0n) is 13.7. The van der Waals surface area contributed by atoms with Crippen LogP contribution in [0.5, 0.6) is 0 Å². The molecular formula is C17H28N2O2. The van der Waals surface area contributed by atoms with Gasteiger partial charge in [0.05, 0.1) is 11.8 Å². The topological polar surface area (TPSA) is 40.6 Å². The molecule has 2 bridgehead atoms. The van der Waals surface area contributed by atoms with E-state index in [1.54, 1.807) is 0 Å². The van der Waals surface area contributed by atoms with Crippen LogP contribution in [0.25, 0.3) is 0 Å². The highest BCUT2D eigenvalue weighted by atomic mass is 16.2. The number of rotatable bonds is 6. The van der Waals surface area contributed by atoms with Crippen LogP contribution in [0.1, 0.15) is 34.1 Å². The Labute approximate surface area is 128 Å². The molecule has 1 fully saturated rings. The maximum absolute atomic E-state index is 12.8. The van der Waals surface area contributed by atoms with Crippen molar-refractivity contribution in [3.63, 3.8) is 0 Å². The molecule has 0 aromatic rings. The minimum Gasteiger partial charge on any atom is -0.343 e. The first-order valence-electron chi connectivity index (χ1n) is 8.34. The Morgan fingerprint density at radius 3 is 1.43 bits per heavy atom. The van der Waals surface area contributed by atoms with Gasteiger partial charge in [0.2, 0.25) is 11.8 Å². The Bertz CT molecular complexity index is 387. The number of amides is 2. The van der Waals surface area contributed by atoms with Crippen LogP contribution < -0.4 is 0 Å². The van der Waals surface area contributed by atoms with Crippen LogP contribution in [0, 0.1) is 23.7 Å². The Balaban J connectivity index is 2.24. The molecule has 1 saturated carbocycles. The average molecular weight is 292 g/mol. The molecule has 2 aliphatic rings. The number of hydrogen-bond acceptors (Lipinski definition) is 2. The predicted octanol–water partition coefficient (Wildman–Crippen LogP) is 2.16. The summed E-state index contributed by atoms with van der Waals surface area (Å²) in [4.78, 5) is 29.4. The van der Waals surface area contributed by atoms with E-state index in [-0.39, 0.29) is 35.5 Å². The van der Waals surface area contributed by atoms with E-state index in [1.807, 2.05) is 37.5 Å². The van der Waals surface area contributed by atoms with E-state index in [2.05, 4.69) is 12.2 Å². The van der Waals surface area contributed by atoms with Crippen molar-refractivity contribution in [2.24, 2.45) is 23.7 Å². The van der Waals surface area contributed by atoms with E-state index in [9.17, 15) is 9.59 Å². The van der Waals surface area contributed by atoms with Crippen molar-refractivity contribution < 1.29 is 9.59 Å². The van der Waals surface area contributed by atoms with Crippen molar-refractivity contribution in [3.8, 4) is 0 Å². The van der Waals surface area contributed by atoms with Crippen molar-refractivity contribution in [1.82, 2.24) is 9.80 Å². The number of carbonyl (C=O) groups is 2. The molecule has 4 nitrogen and oxygen atoms in total. The first-order valence-corrected chi connectivity index (χ1v) is 8.34. The monoisotopic (exact) mass is 292 g/mol. The Hall–Kier alpha value is -1.32. The highest BCUT2D eigenvalue weighted by molar-refractivity contribution is 5.89. The fraction of sp³-hybridized carbons (Fsp3) is 0.765. The average Bonchev–Trinajstić information content (AvgIpc) is 3.10. The summed E-state index contributed by atoms with van der Waals surface area (Å²) in [5, 5.41) is 0. The summed E-state index contributed by atoms with van der Waals surface area (Å²) in [6, 6.07) is 0. The summed E-state index contributed by atoms with van der Waals surface area (Å²) in [5.74, 6) is 0.561. The van der Waals surface area contributed by atoms with Crippen LogP contribution in [-0.2, 0) is 9.59 Å². The van der Waals surface area contributed by atoms with Crippen molar-refractivity contribution in [1.29, 1.82) is 0 Å². The van der Waals surface area contributed by atoms with E-state index in [0.717, 1.165) is 32.6 Å². The lowest BCUT2D eigenvalue weighted by Gasteiger charge is -2.33. The van der Waals surface area contributed by atoms with Gasteiger partial charge in [0, 0.05) is 26.2 Å². The van der Waals surface area contributed by atoms with E-state index >= 15 is 0 Å². The van der Waals surface area contributed by atoms with Gasteiger partial charge in [0.25, 0.3) is 0 Å². The molecule has 2 rings (SSSR count). The molecular weight excluding hydrogens is 264 g/mol. The summed E-state index contributed by atoms with van der Waals surface area (Å²) < 4.78 is 0. The van der Waals surface area contributed by atoms with Crippen LogP contribution in [-0.4, -0.2) is 47.8 Å². The second kappa shape index (κ2) is 6.63. The van der Waals surface area contributed by atoms with E-state index in [0.29, 0.717) is 0 Å². The van der Waals surface area contributed by atoms with Gasteiger partial charge in [-0.05, 0) is 46.0 Å². The number of allylic oxidation sites excluding steroid dienone is 2. The normalized spacial score (nSPS) is 29.7. The summed E-state index contributed by atoms with van der Waals surface area (Å²) in [7, 11) is 0. The smallest absolute Gasteiger partial charge is 0.227 e. The first-order chi connectivity index (χ1) is 10.1. The Morgan fingerprint density at radius 2 is 1.14 bits per heavy atom.